The zero-order chi connectivity index (χ0) is 59.9. The van der Waals surface area contributed by atoms with E-state index < -0.39 is 29.4 Å². The van der Waals surface area contributed by atoms with Crippen molar-refractivity contribution in [3.63, 3.8) is 0 Å². The maximum Gasteiger partial charge on any atom is 0.407 e. The summed E-state index contributed by atoms with van der Waals surface area (Å²) in [6.07, 6.45) is 4.92. The molecule has 0 atom stereocenters. The number of alkyl carbamates (subject to hydrolysis) is 2. The number of nitrogens with one attached hydrogen (secondary N) is 4. The van der Waals surface area contributed by atoms with Crippen LogP contribution in [0.3, 0.4) is 0 Å². The zero-order valence-corrected chi connectivity index (χ0v) is 48.0. The minimum Gasteiger partial charge on any atom is -0.494 e. The summed E-state index contributed by atoms with van der Waals surface area (Å²) in [5.74, 6) is 2.29. The molecule has 0 fully saturated rings. The summed E-state index contributed by atoms with van der Waals surface area (Å²) < 4.78 is 41.6. The van der Waals surface area contributed by atoms with E-state index in [4.69, 9.17) is 38.3 Å². The lowest BCUT2D eigenvalue weighted by Crippen LogP contribution is -2.33. The number of carboxylic acids is 1. The van der Waals surface area contributed by atoms with E-state index in [9.17, 15) is 19.2 Å². The number of aromatic nitrogens is 10. The van der Waals surface area contributed by atoms with Gasteiger partial charge in [-0.25, -0.2) is 19.6 Å². The van der Waals surface area contributed by atoms with E-state index in [1.807, 2.05) is 126 Å². The summed E-state index contributed by atoms with van der Waals surface area (Å²) in [5, 5.41) is 37.3. The number of benzene rings is 4. The van der Waals surface area contributed by atoms with Crippen molar-refractivity contribution in [2.24, 2.45) is 0 Å². The zero-order valence-electron chi connectivity index (χ0n) is 48.0. The van der Waals surface area contributed by atoms with Crippen molar-refractivity contribution < 1.29 is 57.4 Å². The second-order valence-electron chi connectivity index (χ2n) is 20.5. The highest BCUT2D eigenvalue weighted by molar-refractivity contribution is 5.74. The van der Waals surface area contributed by atoms with E-state index in [1.54, 1.807) is 40.8 Å². The molecule has 0 spiro atoms. The molecule has 0 unspecified atom stereocenters. The topological polar surface area (TPSA) is 314 Å². The Bertz CT molecular complexity index is 3420. The molecule has 26 heteroatoms. The number of ether oxygens (including phenoxy) is 7. The number of carbonyl (C=O) groups is 4. The van der Waals surface area contributed by atoms with Gasteiger partial charge in [-0.15, -0.1) is 10.2 Å². The molecule has 8 aromatic rings. The summed E-state index contributed by atoms with van der Waals surface area (Å²) in [7, 11) is 0. The van der Waals surface area contributed by atoms with Crippen LogP contribution < -0.4 is 40.2 Å². The molecule has 4 aromatic heterocycles. The number of rotatable bonds is 27. The van der Waals surface area contributed by atoms with Crippen LogP contribution >= 0.6 is 0 Å². The largest absolute Gasteiger partial charge is 0.494 e. The van der Waals surface area contributed by atoms with Gasteiger partial charge in [-0.05, 0) is 147 Å². The third-order valence-electron chi connectivity index (χ3n) is 11.1. The Morgan fingerprint density at radius 3 is 1.37 bits per heavy atom. The van der Waals surface area contributed by atoms with E-state index in [2.05, 4.69) is 61.8 Å². The lowest BCUT2D eigenvalue weighted by atomic mass is 10.2. The van der Waals surface area contributed by atoms with Crippen LogP contribution in [0.2, 0.25) is 0 Å². The molecule has 4 heterocycles. The second kappa shape index (κ2) is 30.3. The molecule has 4 aromatic carbocycles. The van der Waals surface area contributed by atoms with Crippen molar-refractivity contribution in [1.82, 2.24) is 60.6 Å². The van der Waals surface area contributed by atoms with E-state index in [1.165, 1.54) is 0 Å². The quantitative estimate of drug-likeness (QED) is 0.0182. The molecule has 0 saturated heterocycles. The highest BCUT2D eigenvalue weighted by Gasteiger charge is 2.18. The summed E-state index contributed by atoms with van der Waals surface area (Å²) in [4.78, 5) is 63.5. The first-order valence-corrected chi connectivity index (χ1v) is 27.3. The second-order valence-corrected chi connectivity index (χ2v) is 20.5. The number of carbonyl (C=O) groups excluding carboxylic acids is 3. The first kappa shape index (κ1) is 61.7. The highest BCUT2D eigenvalue weighted by atomic mass is 16.6. The predicted molar refractivity (Wildman–Crippen MR) is 311 cm³/mol. The number of aliphatic carboxylic acids is 1. The van der Waals surface area contributed by atoms with Crippen molar-refractivity contribution >= 4 is 69.7 Å². The van der Waals surface area contributed by atoms with Gasteiger partial charge in [-0.1, -0.05) is 22.6 Å². The number of hydrogen-bond donors (Lipinski definition) is 5. The number of carboxylic acid groups (broad SMARTS) is 1. The lowest BCUT2D eigenvalue weighted by molar-refractivity contribution is -0.143. The number of nitrogens with zero attached hydrogens (tertiary/aromatic N) is 10. The van der Waals surface area contributed by atoms with Crippen LogP contribution in [0.4, 0.5) is 32.9 Å². The van der Waals surface area contributed by atoms with E-state index in [-0.39, 0.29) is 12.4 Å². The summed E-state index contributed by atoms with van der Waals surface area (Å²) >= 11 is 0. The van der Waals surface area contributed by atoms with Gasteiger partial charge in [-0.2, -0.15) is 19.3 Å². The molecule has 0 aliphatic rings. The van der Waals surface area contributed by atoms with E-state index in [0.717, 1.165) is 22.7 Å². The Balaban J connectivity index is 0.000000241. The van der Waals surface area contributed by atoms with Crippen LogP contribution in [0.15, 0.2) is 109 Å². The molecule has 0 bridgehead atoms. The van der Waals surface area contributed by atoms with Crippen molar-refractivity contribution in [2.75, 3.05) is 56.8 Å². The number of fused-ring (bicyclic) bond motifs is 2. The average molecular weight is 1160 g/mol. The Hall–Kier alpha value is -9.88. The van der Waals surface area contributed by atoms with Crippen LogP contribution in [0.25, 0.3) is 33.7 Å². The first-order valence-electron chi connectivity index (χ1n) is 27.3. The Kier molecular flexibility index (Phi) is 22.2. The summed E-state index contributed by atoms with van der Waals surface area (Å²) in [5.41, 5.74) is 4.01. The van der Waals surface area contributed by atoms with Crippen molar-refractivity contribution in [1.29, 1.82) is 0 Å². The molecule has 8 rings (SSSR count). The van der Waals surface area contributed by atoms with Crippen LogP contribution in [-0.2, 0) is 23.8 Å². The number of anilines is 4. The van der Waals surface area contributed by atoms with Crippen LogP contribution in [0.1, 0.15) is 87.0 Å². The number of esters is 1. The van der Waals surface area contributed by atoms with Gasteiger partial charge >= 0.3 is 24.1 Å². The summed E-state index contributed by atoms with van der Waals surface area (Å²) in [6, 6.07) is 29.4. The smallest absolute Gasteiger partial charge is 0.407 e. The highest BCUT2D eigenvalue weighted by Crippen LogP contribution is 2.25. The van der Waals surface area contributed by atoms with Gasteiger partial charge in [0.15, 0.2) is 22.3 Å². The summed E-state index contributed by atoms with van der Waals surface area (Å²) in [6.45, 7) is 15.5. The van der Waals surface area contributed by atoms with Gasteiger partial charge in [0, 0.05) is 49.4 Å². The third kappa shape index (κ3) is 20.6. The van der Waals surface area contributed by atoms with Gasteiger partial charge in [0.25, 0.3) is 0 Å². The molecule has 0 saturated carbocycles. The van der Waals surface area contributed by atoms with Crippen LogP contribution in [-0.4, -0.2) is 136 Å². The molecule has 0 aliphatic carbocycles. The van der Waals surface area contributed by atoms with Crippen molar-refractivity contribution in [2.45, 2.75) is 98.2 Å². The molecular formula is C58H70N14O12. The SMILES string of the molecule is CC(C)(C)OC(=O)NCCCOc1cccc(Nc2ncc3nnn(-c4ccc(OCCCC(=O)O)cc4)c3n2)c1.CCOC(=O)CCCOc1ccc(-n2nnc3cnc(Nc4cccc(OCCCNC(=O)OC(C)(C)C)c4)nc32)cc1. The fourth-order valence-electron chi connectivity index (χ4n) is 7.46. The maximum absolute atomic E-state index is 11.7. The molecule has 2 amide bonds. The standard InChI is InChI=1S/C30H37N7O6.C28H33N7O6/c1-5-40-26(38)11-7-17-41-23-14-12-22(13-15-23)37-27-25(35-36-37)20-32-28(34-27)33-21-9-6-10-24(19-21)42-18-8-16-31-29(39)43-30(2,3)4;1-28(2,3)41-27(38)29-14-6-16-40-22-8-4-7-19(17-22)31-26-30-18-23-25(32-26)35(34-33-23)20-10-12-21(13-11-20)39-15-5-9-24(36)37/h6,9-10,12-15,19-20H,5,7-8,11,16-18H2,1-4H3,(H,31,39)(H,32,33,34);4,7-8,10-13,17-18H,5-6,9,14-16H2,1-3H3,(H,29,38)(H,36,37)(H,30,31,32). The molecule has 0 aliphatic heterocycles. The number of hydrogen-bond acceptors (Lipinski definition) is 21. The van der Waals surface area contributed by atoms with Crippen LogP contribution in [0, 0.1) is 0 Å². The van der Waals surface area contributed by atoms with Crippen LogP contribution in [0.5, 0.6) is 23.0 Å². The fourth-order valence-corrected chi connectivity index (χ4v) is 7.46. The molecule has 26 nitrogen and oxygen atoms in total. The maximum atomic E-state index is 11.7. The predicted octanol–water partition coefficient (Wildman–Crippen LogP) is 9.46. The molecule has 84 heavy (non-hydrogen) atoms. The van der Waals surface area contributed by atoms with Gasteiger partial charge in [-0.3, -0.25) is 9.59 Å². The monoisotopic (exact) mass is 1150 g/mol. The third-order valence-corrected chi connectivity index (χ3v) is 11.1. The molecule has 444 valence electrons. The fraction of sp³-hybridized carbons (Fsp3) is 0.379. The van der Waals surface area contributed by atoms with Crippen molar-refractivity contribution in [3.05, 3.63) is 109 Å². The minimum atomic E-state index is -0.847. The molecule has 5 N–H and O–H groups in total. The Labute approximate surface area is 484 Å². The van der Waals surface area contributed by atoms with Gasteiger partial charge in [0.1, 0.15) is 34.2 Å². The minimum absolute atomic E-state index is 0.0610. The van der Waals surface area contributed by atoms with Crippen molar-refractivity contribution in [3.8, 4) is 34.4 Å². The average Bonchev–Trinajstić information content (AvgIpc) is 2.98. The first-order chi connectivity index (χ1) is 40.4. The van der Waals surface area contributed by atoms with E-state index >= 15 is 0 Å². The lowest BCUT2D eigenvalue weighted by Gasteiger charge is -2.19. The Morgan fingerprint density at radius 1 is 0.536 bits per heavy atom. The van der Waals surface area contributed by atoms with Gasteiger partial charge in [0.05, 0.1) is 56.8 Å². The molecule has 0 radical (unpaired) electrons. The van der Waals surface area contributed by atoms with E-state index in [0.29, 0.717) is 135 Å². The van der Waals surface area contributed by atoms with Gasteiger partial charge in [0.2, 0.25) is 11.9 Å². The molecular weight excluding hydrogens is 1080 g/mol. The number of amides is 2. The Morgan fingerprint density at radius 2 is 0.952 bits per heavy atom. The normalized spacial score (nSPS) is 11.2. The van der Waals surface area contributed by atoms with Gasteiger partial charge < -0.3 is 59.5 Å².